The van der Waals surface area contributed by atoms with Gasteiger partial charge in [0.2, 0.25) is 5.91 Å². The topological polar surface area (TPSA) is 71.3 Å². The molecule has 0 bridgehead atoms. The highest BCUT2D eigenvalue weighted by atomic mass is 32.1. The Morgan fingerprint density at radius 1 is 1.36 bits per heavy atom. The predicted molar refractivity (Wildman–Crippen MR) is 95.3 cm³/mol. The molecule has 2 aromatic rings. The second-order valence-electron chi connectivity index (χ2n) is 6.68. The van der Waals surface area contributed by atoms with Gasteiger partial charge in [-0.1, -0.05) is 13.8 Å². The first kappa shape index (κ1) is 17.6. The normalized spacial score (nSPS) is 13.9. The first-order valence-corrected chi connectivity index (χ1v) is 9.25. The van der Waals surface area contributed by atoms with E-state index in [0.29, 0.717) is 37.8 Å². The third kappa shape index (κ3) is 3.73. The van der Waals surface area contributed by atoms with Crippen LogP contribution >= 0.6 is 11.3 Å². The molecule has 2 aromatic heterocycles. The van der Waals surface area contributed by atoms with Gasteiger partial charge in [0, 0.05) is 31.8 Å². The van der Waals surface area contributed by atoms with Crippen molar-refractivity contribution in [2.24, 2.45) is 0 Å². The minimum Gasteiger partial charge on any atom is -0.335 e. The Bertz CT molecular complexity index is 795. The van der Waals surface area contributed by atoms with E-state index >= 15 is 0 Å². The summed E-state index contributed by atoms with van der Waals surface area (Å²) in [6.45, 7) is 7.99. The number of nitrogens with zero attached hydrogens (tertiary/aromatic N) is 5. The standard InChI is InChI=1S/C17H23N5O2S/c1-11(2)16-18-13(10-25-16)8-20(4)17(24)15-7-14-9-21(12(3)23)5-6-22(14)19-15/h7,10-11H,5-6,8-9H2,1-4H3. The van der Waals surface area contributed by atoms with Gasteiger partial charge in [0.25, 0.3) is 5.91 Å². The first-order valence-electron chi connectivity index (χ1n) is 8.37. The highest BCUT2D eigenvalue weighted by molar-refractivity contribution is 7.09. The molecule has 0 fully saturated rings. The van der Waals surface area contributed by atoms with E-state index in [1.54, 1.807) is 41.2 Å². The van der Waals surface area contributed by atoms with Gasteiger partial charge in [-0.15, -0.1) is 11.3 Å². The number of fused-ring (bicyclic) bond motifs is 1. The lowest BCUT2D eigenvalue weighted by atomic mass is 10.2. The van der Waals surface area contributed by atoms with E-state index in [4.69, 9.17) is 0 Å². The molecule has 8 heteroatoms. The molecule has 1 aliphatic heterocycles. The Kier molecular flexibility index (Phi) is 4.89. The summed E-state index contributed by atoms with van der Waals surface area (Å²) >= 11 is 1.63. The zero-order chi connectivity index (χ0) is 18.1. The van der Waals surface area contributed by atoms with E-state index in [1.165, 1.54) is 0 Å². The Labute approximate surface area is 151 Å². The van der Waals surface area contributed by atoms with E-state index in [9.17, 15) is 9.59 Å². The summed E-state index contributed by atoms with van der Waals surface area (Å²) in [4.78, 5) is 32.2. The summed E-state index contributed by atoms with van der Waals surface area (Å²) < 4.78 is 1.82. The maximum atomic E-state index is 12.7. The second kappa shape index (κ2) is 6.95. The van der Waals surface area contributed by atoms with Crippen LogP contribution in [0, 0.1) is 0 Å². The molecule has 0 spiro atoms. The average molecular weight is 361 g/mol. The summed E-state index contributed by atoms with van der Waals surface area (Å²) in [7, 11) is 1.76. The quantitative estimate of drug-likeness (QED) is 0.836. The molecular weight excluding hydrogens is 338 g/mol. The van der Waals surface area contributed by atoms with Crippen LogP contribution < -0.4 is 0 Å². The average Bonchev–Trinajstić information content (AvgIpc) is 3.19. The SMILES string of the molecule is CC(=O)N1CCn2nc(C(=O)N(C)Cc3csc(C(C)C)n3)cc2C1. The highest BCUT2D eigenvalue weighted by Crippen LogP contribution is 2.20. The largest absolute Gasteiger partial charge is 0.335 e. The van der Waals surface area contributed by atoms with Crippen molar-refractivity contribution in [2.75, 3.05) is 13.6 Å². The lowest BCUT2D eigenvalue weighted by molar-refractivity contribution is -0.130. The Balaban J connectivity index is 1.69. The fourth-order valence-electron chi connectivity index (χ4n) is 2.81. The summed E-state index contributed by atoms with van der Waals surface area (Å²) in [5.74, 6) is 0.307. The van der Waals surface area contributed by atoms with E-state index < -0.39 is 0 Å². The molecule has 25 heavy (non-hydrogen) atoms. The van der Waals surface area contributed by atoms with Gasteiger partial charge >= 0.3 is 0 Å². The number of rotatable bonds is 4. The Morgan fingerprint density at radius 2 is 2.12 bits per heavy atom. The van der Waals surface area contributed by atoms with E-state index in [1.807, 2.05) is 10.1 Å². The van der Waals surface area contributed by atoms with Crippen LogP contribution in [-0.2, 0) is 24.4 Å². The molecule has 0 N–H and O–H groups in total. The van der Waals surface area contributed by atoms with Crippen molar-refractivity contribution < 1.29 is 9.59 Å². The maximum Gasteiger partial charge on any atom is 0.274 e. The highest BCUT2D eigenvalue weighted by Gasteiger charge is 2.24. The van der Waals surface area contributed by atoms with Crippen LogP contribution in [-0.4, -0.2) is 50.0 Å². The van der Waals surface area contributed by atoms with Gasteiger partial charge in [0.15, 0.2) is 5.69 Å². The van der Waals surface area contributed by atoms with E-state index in [2.05, 4.69) is 23.9 Å². The minimum atomic E-state index is -0.129. The summed E-state index contributed by atoms with van der Waals surface area (Å²) in [5.41, 5.74) is 2.22. The summed E-state index contributed by atoms with van der Waals surface area (Å²) in [5, 5.41) is 7.49. The number of amides is 2. The summed E-state index contributed by atoms with van der Waals surface area (Å²) in [6.07, 6.45) is 0. The number of carbonyl (C=O) groups is 2. The van der Waals surface area contributed by atoms with Crippen LogP contribution in [0.5, 0.6) is 0 Å². The molecule has 3 rings (SSSR count). The third-order valence-corrected chi connectivity index (χ3v) is 5.47. The lowest BCUT2D eigenvalue weighted by Crippen LogP contribution is -2.36. The summed E-state index contributed by atoms with van der Waals surface area (Å²) in [6, 6.07) is 1.79. The number of thiazole rings is 1. The molecule has 0 aliphatic carbocycles. The van der Waals surface area contributed by atoms with Crippen LogP contribution in [0.3, 0.4) is 0 Å². The molecule has 0 atom stereocenters. The van der Waals surface area contributed by atoms with E-state index in [-0.39, 0.29) is 11.8 Å². The predicted octanol–water partition coefficient (Wildman–Crippen LogP) is 2.10. The molecule has 2 amide bonds. The number of carbonyl (C=O) groups excluding carboxylic acids is 2. The van der Waals surface area contributed by atoms with Gasteiger partial charge in [-0.05, 0) is 6.07 Å². The number of hydrogen-bond donors (Lipinski definition) is 0. The van der Waals surface area contributed by atoms with Crippen molar-refractivity contribution in [3.8, 4) is 0 Å². The van der Waals surface area contributed by atoms with Crippen LogP contribution in [0.15, 0.2) is 11.4 Å². The van der Waals surface area contributed by atoms with Gasteiger partial charge in [-0.25, -0.2) is 4.98 Å². The maximum absolute atomic E-state index is 12.7. The molecule has 0 saturated carbocycles. The van der Waals surface area contributed by atoms with Gasteiger partial charge in [0.05, 0.1) is 36.0 Å². The van der Waals surface area contributed by atoms with Crippen molar-refractivity contribution in [3.05, 3.63) is 33.5 Å². The van der Waals surface area contributed by atoms with E-state index in [0.717, 1.165) is 16.4 Å². The molecule has 1 aliphatic rings. The molecule has 3 heterocycles. The van der Waals surface area contributed by atoms with Crippen molar-refractivity contribution >= 4 is 23.2 Å². The van der Waals surface area contributed by atoms with Crippen LogP contribution in [0.1, 0.15) is 53.6 Å². The van der Waals surface area contributed by atoms with Gasteiger partial charge < -0.3 is 9.80 Å². The first-order chi connectivity index (χ1) is 11.8. The van der Waals surface area contributed by atoms with Crippen LogP contribution in [0.4, 0.5) is 0 Å². The molecule has 0 unspecified atom stereocenters. The smallest absolute Gasteiger partial charge is 0.274 e. The fraction of sp³-hybridized carbons (Fsp3) is 0.529. The van der Waals surface area contributed by atoms with Gasteiger partial charge in [-0.3, -0.25) is 14.3 Å². The molecule has 7 nitrogen and oxygen atoms in total. The monoisotopic (exact) mass is 361 g/mol. The van der Waals surface area contributed by atoms with Crippen molar-refractivity contribution in [1.29, 1.82) is 0 Å². The van der Waals surface area contributed by atoms with Crippen LogP contribution in [0.25, 0.3) is 0 Å². The third-order valence-electron chi connectivity index (χ3n) is 4.27. The van der Waals surface area contributed by atoms with Crippen LogP contribution in [0.2, 0.25) is 0 Å². The van der Waals surface area contributed by atoms with Crippen molar-refractivity contribution in [3.63, 3.8) is 0 Å². The molecular formula is C17H23N5O2S. The van der Waals surface area contributed by atoms with Gasteiger partial charge in [-0.2, -0.15) is 5.10 Å². The molecule has 134 valence electrons. The number of aromatic nitrogens is 3. The van der Waals surface area contributed by atoms with Crippen molar-refractivity contribution in [2.45, 2.75) is 46.3 Å². The van der Waals surface area contributed by atoms with Gasteiger partial charge in [0.1, 0.15) is 0 Å². The molecule has 0 saturated heterocycles. The second-order valence-corrected chi connectivity index (χ2v) is 7.57. The Morgan fingerprint density at radius 3 is 2.76 bits per heavy atom. The zero-order valence-corrected chi connectivity index (χ0v) is 15.8. The molecule has 0 aromatic carbocycles. The zero-order valence-electron chi connectivity index (χ0n) is 15.0. The number of hydrogen-bond acceptors (Lipinski definition) is 5. The minimum absolute atomic E-state index is 0.0435. The lowest BCUT2D eigenvalue weighted by Gasteiger charge is -2.26. The Hall–Kier alpha value is -2.22. The molecule has 0 radical (unpaired) electrons. The van der Waals surface area contributed by atoms with Crippen molar-refractivity contribution in [1.82, 2.24) is 24.6 Å². The fourth-order valence-corrected chi connectivity index (χ4v) is 3.64.